The molecule has 138 valence electrons. The SMILES string of the molecule is CC(C)CN1CC2(CO)CC(=O)CC(Cc3ccc(Br)cc3)(C1)C2O. The van der Waals surface area contributed by atoms with E-state index in [4.69, 9.17) is 0 Å². The molecule has 2 fully saturated rings. The fourth-order valence-electron chi connectivity index (χ4n) is 4.98. The predicted octanol–water partition coefficient (Wildman–Crippen LogP) is 2.65. The first-order valence-corrected chi connectivity index (χ1v) is 9.85. The van der Waals surface area contributed by atoms with E-state index in [1.807, 2.05) is 24.3 Å². The Morgan fingerprint density at radius 3 is 2.40 bits per heavy atom. The minimum Gasteiger partial charge on any atom is -0.396 e. The first kappa shape index (κ1) is 19.0. The fourth-order valence-corrected chi connectivity index (χ4v) is 5.25. The molecule has 1 aliphatic carbocycles. The number of hydrogen-bond donors (Lipinski definition) is 2. The molecule has 1 aromatic carbocycles. The number of aliphatic hydroxyl groups excluding tert-OH is 2. The molecular formula is C20H28BrNO3. The molecule has 1 saturated carbocycles. The lowest BCUT2D eigenvalue weighted by Gasteiger charge is -2.58. The second kappa shape index (κ2) is 7.10. The summed E-state index contributed by atoms with van der Waals surface area (Å²) in [6.07, 6.45) is 0.667. The molecular weight excluding hydrogens is 382 g/mol. The van der Waals surface area contributed by atoms with E-state index in [-0.39, 0.29) is 18.8 Å². The van der Waals surface area contributed by atoms with Gasteiger partial charge in [0.1, 0.15) is 5.78 Å². The van der Waals surface area contributed by atoms with Crippen LogP contribution in [0.5, 0.6) is 0 Å². The Labute approximate surface area is 158 Å². The smallest absolute Gasteiger partial charge is 0.134 e. The standard InChI is InChI=1S/C20H28BrNO3/c1-14(2)10-22-11-19(7-15-3-5-16(21)6-4-15)8-17(24)9-20(12-22,13-23)18(19)25/h3-6,14,18,23,25H,7-13H2,1-2H3. The molecule has 3 atom stereocenters. The Morgan fingerprint density at radius 1 is 1.20 bits per heavy atom. The maximum Gasteiger partial charge on any atom is 0.134 e. The van der Waals surface area contributed by atoms with Crippen molar-refractivity contribution in [2.24, 2.45) is 16.7 Å². The van der Waals surface area contributed by atoms with Crippen LogP contribution in [-0.4, -0.2) is 53.2 Å². The van der Waals surface area contributed by atoms with Gasteiger partial charge in [0.15, 0.2) is 0 Å². The second-order valence-electron chi connectivity index (χ2n) is 8.54. The number of aliphatic hydroxyl groups is 2. The van der Waals surface area contributed by atoms with Crippen molar-refractivity contribution in [3.63, 3.8) is 0 Å². The van der Waals surface area contributed by atoms with Crippen LogP contribution < -0.4 is 0 Å². The number of hydrogen-bond acceptors (Lipinski definition) is 4. The number of benzene rings is 1. The lowest BCUT2D eigenvalue weighted by Crippen LogP contribution is -2.68. The van der Waals surface area contributed by atoms with Crippen molar-refractivity contribution in [3.05, 3.63) is 34.3 Å². The van der Waals surface area contributed by atoms with Gasteiger partial charge in [0.05, 0.1) is 12.7 Å². The van der Waals surface area contributed by atoms with Crippen molar-refractivity contribution in [2.75, 3.05) is 26.2 Å². The Morgan fingerprint density at radius 2 is 1.80 bits per heavy atom. The van der Waals surface area contributed by atoms with Crippen molar-refractivity contribution in [1.82, 2.24) is 4.90 Å². The quantitative estimate of drug-likeness (QED) is 0.784. The van der Waals surface area contributed by atoms with Crippen LogP contribution in [0.4, 0.5) is 0 Å². The number of ketones is 1. The molecule has 0 amide bonds. The first-order chi connectivity index (χ1) is 11.8. The van der Waals surface area contributed by atoms with E-state index in [0.29, 0.717) is 31.8 Å². The van der Waals surface area contributed by atoms with Gasteiger partial charge in [0.25, 0.3) is 0 Å². The number of fused-ring (bicyclic) bond motifs is 2. The van der Waals surface area contributed by atoms with Crippen molar-refractivity contribution in [2.45, 2.75) is 39.2 Å². The summed E-state index contributed by atoms with van der Waals surface area (Å²) in [6, 6.07) is 8.09. The van der Waals surface area contributed by atoms with E-state index in [1.165, 1.54) is 0 Å². The second-order valence-corrected chi connectivity index (χ2v) is 9.46. The zero-order valence-electron chi connectivity index (χ0n) is 15.0. The molecule has 2 N–H and O–H groups in total. The van der Waals surface area contributed by atoms with Crippen molar-refractivity contribution >= 4 is 21.7 Å². The normalized spacial score (nSPS) is 33.0. The lowest BCUT2D eigenvalue weighted by atomic mass is 9.55. The molecule has 1 aliphatic heterocycles. The van der Waals surface area contributed by atoms with Gasteiger partial charge in [-0.3, -0.25) is 4.79 Å². The zero-order valence-corrected chi connectivity index (χ0v) is 16.6. The molecule has 0 aromatic heterocycles. The molecule has 4 nitrogen and oxygen atoms in total. The maximum absolute atomic E-state index is 12.5. The lowest BCUT2D eigenvalue weighted by molar-refractivity contribution is -0.186. The number of rotatable bonds is 5. The van der Waals surface area contributed by atoms with Crippen LogP contribution in [0.1, 0.15) is 32.3 Å². The van der Waals surface area contributed by atoms with E-state index >= 15 is 0 Å². The highest BCUT2D eigenvalue weighted by molar-refractivity contribution is 9.10. The zero-order chi connectivity index (χ0) is 18.2. The molecule has 25 heavy (non-hydrogen) atoms. The van der Waals surface area contributed by atoms with Crippen LogP contribution in [0.25, 0.3) is 0 Å². The van der Waals surface area contributed by atoms with Gasteiger partial charge in [-0.2, -0.15) is 0 Å². The summed E-state index contributed by atoms with van der Waals surface area (Å²) in [4.78, 5) is 14.9. The number of halogens is 1. The van der Waals surface area contributed by atoms with Gasteiger partial charge >= 0.3 is 0 Å². The van der Waals surface area contributed by atoms with Gasteiger partial charge in [-0.15, -0.1) is 0 Å². The fraction of sp³-hybridized carbons (Fsp3) is 0.650. The van der Waals surface area contributed by atoms with Crippen LogP contribution in [0.15, 0.2) is 28.7 Å². The van der Waals surface area contributed by atoms with Crippen LogP contribution in [0.2, 0.25) is 0 Å². The van der Waals surface area contributed by atoms with Gasteiger partial charge in [-0.1, -0.05) is 41.9 Å². The van der Waals surface area contributed by atoms with E-state index in [1.54, 1.807) is 0 Å². The number of nitrogens with zero attached hydrogens (tertiary/aromatic N) is 1. The summed E-state index contributed by atoms with van der Waals surface area (Å²) in [7, 11) is 0. The molecule has 3 rings (SSSR count). The highest BCUT2D eigenvalue weighted by atomic mass is 79.9. The Balaban J connectivity index is 1.96. The highest BCUT2D eigenvalue weighted by Gasteiger charge is 2.59. The molecule has 1 aromatic rings. The maximum atomic E-state index is 12.5. The average molecular weight is 410 g/mol. The van der Waals surface area contributed by atoms with Crippen molar-refractivity contribution in [3.8, 4) is 0 Å². The molecule has 5 heteroatoms. The molecule has 2 aliphatic rings. The summed E-state index contributed by atoms with van der Waals surface area (Å²) in [5.74, 6) is 0.674. The van der Waals surface area contributed by atoms with Gasteiger partial charge in [0, 0.05) is 47.8 Å². The van der Waals surface area contributed by atoms with Gasteiger partial charge in [0.2, 0.25) is 0 Å². The van der Waals surface area contributed by atoms with Crippen LogP contribution >= 0.6 is 15.9 Å². The van der Waals surface area contributed by atoms with Gasteiger partial charge in [-0.25, -0.2) is 0 Å². The summed E-state index contributed by atoms with van der Waals surface area (Å²) in [5.41, 5.74) is -0.119. The number of piperidine rings is 1. The topological polar surface area (TPSA) is 60.8 Å². The van der Waals surface area contributed by atoms with Crippen molar-refractivity contribution in [1.29, 1.82) is 0 Å². The van der Waals surface area contributed by atoms with E-state index < -0.39 is 16.9 Å². The largest absolute Gasteiger partial charge is 0.396 e. The molecule has 0 spiro atoms. The monoisotopic (exact) mass is 409 g/mol. The predicted molar refractivity (Wildman–Crippen MR) is 101 cm³/mol. The molecule has 1 saturated heterocycles. The molecule has 0 radical (unpaired) electrons. The van der Waals surface area contributed by atoms with E-state index in [0.717, 1.165) is 16.6 Å². The summed E-state index contributed by atoms with van der Waals surface area (Å²) >= 11 is 3.45. The molecule has 1 heterocycles. The minimum atomic E-state index is -0.724. The third-order valence-corrected chi connectivity index (χ3v) is 6.27. The van der Waals surface area contributed by atoms with Crippen LogP contribution in [0.3, 0.4) is 0 Å². The van der Waals surface area contributed by atoms with Gasteiger partial charge < -0.3 is 15.1 Å². The molecule has 3 unspecified atom stereocenters. The summed E-state index contributed by atoms with van der Waals surface area (Å²) < 4.78 is 1.02. The van der Waals surface area contributed by atoms with E-state index in [2.05, 4.69) is 34.7 Å². The summed E-state index contributed by atoms with van der Waals surface area (Å²) in [5, 5.41) is 21.3. The first-order valence-electron chi connectivity index (χ1n) is 9.06. The number of carbonyl (C=O) groups excluding carboxylic acids is 1. The average Bonchev–Trinajstić information content (AvgIpc) is 2.52. The highest BCUT2D eigenvalue weighted by Crippen LogP contribution is 2.51. The Hall–Kier alpha value is -0.750. The van der Waals surface area contributed by atoms with Gasteiger partial charge in [-0.05, 0) is 30.0 Å². The molecule has 2 bridgehead atoms. The van der Waals surface area contributed by atoms with E-state index in [9.17, 15) is 15.0 Å². The number of Topliss-reactive ketones (excluding diaryl/α,β-unsaturated/α-hetero) is 1. The summed E-state index contributed by atoms with van der Waals surface area (Å²) in [6.45, 7) is 6.44. The number of likely N-dealkylation sites (tertiary alicyclic amines) is 1. The van der Waals surface area contributed by atoms with Crippen LogP contribution in [0, 0.1) is 16.7 Å². The third-order valence-electron chi connectivity index (χ3n) is 5.74. The third kappa shape index (κ3) is 3.70. The van der Waals surface area contributed by atoms with Crippen LogP contribution in [-0.2, 0) is 11.2 Å². The Kier molecular flexibility index (Phi) is 5.41. The Bertz CT molecular complexity index is 632. The number of carbonyl (C=O) groups is 1. The minimum absolute atomic E-state index is 0.142. The van der Waals surface area contributed by atoms with Crippen molar-refractivity contribution < 1.29 is 15.0 Å².